The van der Waals surface area contributed by atoms with E-state index in [1.165, 1.54) is 0 Å². The van der Waals surface area contributed by atoms with Crippen molar-refractivity contribution in [3.05, 3.63) is 34.3 Å². The molecule has 1 atom stereocenters. The summed E-state index contributed by atoms with van der Waals surface area (Å²) in [6.45, 7) is 7.48. The molecule has 0 bridgehead atoms. The summed E-state index contributed by atoms with van der Waals surface area (Å²) in [5.74, 6) is -2.43. The second-order valence-corrected chi connectivity index (χ2v) is 6.61. The Bertz CT molecular complexity index is 518. The molecule has 0 N–H and O–H groups in total. The smallest absolute Gasteiger partial charge is 0.248 e. The number of benzene rings is 1. The molecule has 1 saturated carbocycles. The van der Waals surface area contributed by atoms with Crippen LogP contribution in [-0.4, -0.2) is 11.7 Å². The molecule has 23 heavy (non-hydrogen) atoms. The quantitative estimate of drug-likeness (QED) is 0.604. The zero-order valence-corrected chi connectivity index (χ0v) is 15.2. The van der Waals surface area contributed by atoms with E-state index >= 15 is 0 Å². The van der Waals surface area contributed by atoms with Crippen molar-refractivity contribution in [2.45, 2.75) is 71.6 Å². The van der Waals surface area contributed by atoms with Crippen LogP contribution >= 0.6 is 11.6 Å². The van der Waals surface area contributed by atoms with E-state index in [1.54, 1.807) is 13.0 Å². The minimum atomic E-state index is -2.51. The number of hydrogen-bond donors (Lipinski definition) is 0. The lowest BCUT2D eigenvalue weighted by molar-refractivity contribution is -0.119. The van der Waals surface area contributed by atoms with Gasteiger partial charge in [0.25, 0.3) is 0 Å². The maximum absolute atomic E-state index is 13.2. The van der Waals surface area contributed by atoms with Crippen molar-refractivity contribution in [1.82, 2.24) is 0 Å². The highest BCUT2D eigenvalue weighted by atomic mass is 35.5. The van der Waals surface area contributed by atoms with Gasteiger partial charge in [0, 0.05) is 23.8 Å². The monoisotopic (exact) mass is 344 g/mol. The SMILES string of the molecule is CC.CC(=O)C(CC1CCC(F)(F)CC1)c1ccc(Cl)c(C)c1. The van der Waals surface area contributed by atoms with Crippen LogP contribution in [0.2, 0.25) is 5.02 Å². The van der Waals surface area contributed by atoms with E-state index in [2.05, 4.69) is 0 Å². The Morgan fingerprint density at radius 2 is 1.87 bits per heavy atom. The Balaban J connectivity index is 0.00000127. The van der Waals surface area contributed by atoms with Crippen molar-refractivity contribution in [2.24, 2.45) is 5.92 Å². The molecule has 0 spiro atoms. The Morgan fingerprint density at radius 3 is 2.35 bits per heavy atom. The first-order chi connectivity index (χ1) is 10.8. The Morgan fingerprint density at radius 1 is 1.30 bits per heavy atom. The first-order valence-electron chi connectivity index (χ1n) is 8.43. The zero-order valence-electron chi connectivity index (χ0n) is 14.5. The van der Waals surface area contributed by atoms with Crippen molar-refractivity contribution in [3.63, 3.8) is 0 Å². The van der Waals surface area contributed by atoms with Gasteiger partial charge < -0.3 is 0 Å². The molecule has 4 heteroatoms. The third-order valence-corrected chi connectivity index (χ3v) is 4.90. The fourth-order valence-corrected chi connectivity index (χ4v) is 3.21. The summed E-state index contributed by atoms with van der Waals surface area (Å²) < 4.78 is 26.4. The van der Waals surface area contributed by atoms with E-state index in [9.17, 15) is 13.6 Å². The predicted octanol–water partition coefficient (Wildman–Crippen LogP) is 6.56. The van der Waals surface area contributed by atoms with Crippen molar-refractivity contribution in [1.29, 1.82) is 0 Å². The lowest BCUT2D eigenvalue weighted by atomic mass is 9.78. The topological polar surface area (TPSA) is 17.1 Å². The molecule has 1 unspecified atom stereocenters. The van der Waals surface area contributed by atoms with Gasteiger partial charge in [-0.25, -0.2) is 8.78 Å². The van der Waals surface area contributed by atoms with E-state index in [-0.39, 0.29) is 30.5 Å². The van der Waals surface area contributed by atoms with E-state index in [1.807, 2.05) is 32.9 Å². The van der Waals surface area contributed by atoms with Gasteiger partial charge in [-0.2, -0.15) is 0 Å². The van der Waals surface area contributed by atoms with Gasteiger partial charge in [0.05, 0.1) is 0 Å². The molecule has 0 radical (unpaired) electrons. The molecular formula is C19H27ClF2O. The van der Waals surface area contributed by atoms with E-state index in [0.29, 0.717) is 24.3 Å². The van der Waals surface area contributed by atoms with E-state index in [4.69, 9.17) is 11.6 Å². The molecule has 0 aliphatic heterocycles. The number of Topliss-reactive ketones (excluding diaryl/α,β-unsaturated/α-hetero) is 1. The summed E-state index contributed by atoms with van der Waals surface area (Å²) in [4.78, 5) is 12.0. The summed E-state index contributed by atoms with van der Waals surface area (Å²) in [7, 11) is 0. The fraction of sp³-hybridized carbons (Fsp3) is 0.632. The number of alkyl halides is 2. The normalized spacial score (nSPS) is 18.7. The van der Waals surface area contributed by atoms with Crippen LogP contribution < -0.4 is 0 Å². The minimum absolute atomic E-state index is 0.0536. The van der Waals surface area contributed by atoms with Crippen LogP contribution in [0.5, 0.6) is 0 Å². The van der Waals surface area contributed by atoms with Crippen LogP contribution in [-0.2, 0) is 4.79 Å². The van der Waals surface area contributed by atoms with Gasteiger partial charge in [-0.05, 0) is 56.2 Å². The van der Waals surface area contributed by atoms with E-state index < -0.39 is 5.92 Å². The summed E-state index contributed by atoms with van der Waals surface area (Å²) >= 11 is 6.02. The predicted molar refractivity (Wildman–Crippen MR) is 92.5 cm³/mol. The zero-order chi connectivity index (χ0) is 17.6. The van der Waals surface area contributed by atoms with Crippen molar-refractivity contribution >= 4 is 17.4 Å². The van der Waals surface area contributed by atoms with Crippen LogP contribution in [0.3, 0.4) is 0 Å². The van der Waals surface area contributed by atoms with Gasteiger partial charge in [0.2, 0.25) is 5.92 Å². The van der Waals surface area contributed by atoms with Crippen molar-refractivity contribution in [2.75, 3.05) is 0 Å². The lowest BCUT2D eigenvalue weighted by Crippen LogP contribution is -2.26. The molecule has 0 amide bonds. The largest absolute Gasteiger partial charge is 0.299 e. The Hall–Kier alpha value is -0.960. The molecule has 0 heterocycles. The lowest BCUT2D eigenvalue weighted by Gasteiger charge is -2.30. The molecule has 1 nitrogen and oxygen atoms in total. The molecule has 0 saturated heterocycles. The van der Waals surface area contributed by atoms with Gasteiger partial charge in [-0.3, -0.25) is 4.79 Å². The van der Waals surface area contributed by atoms with Crippen LogP contribution in [0.25, 0.3) is 0 Å². The summed E-state index contributed by atoms with van der Waals surface area (Å²) in [6, 6.07) is 5.61. The van der Waals surface area contributed by atoms with Gasteiger partial charge in [-0.15, -0.1) is 0 Å². The average molecular weight is 345 g/mol. The minimum Gasteiger partial charge on any atom is -0.299 e. The third kappa shape index (κ3) is 5.87. The molecule has 1 aromatic rings. The number of halogens is 3. The van der Waals surface area contributed by atoms with Crippen LogP contribution in [0.15, 0.2) is 18.2 Å². The van der Waals surface area contributed by atoms with Crippen molar-refractivity contribution in [3.8, 4) is 0 Å². The summed E-state index contributed by atoms with van der Waals surface area (Å²) in [5, 5.41) is 0.679. The number of rotatable bonds is 4. The highest BCUT2D eigenvalue weighted by Crippen LogP contribution is 2.40. The van der Waals surface area contributed by atoms with Crippen LogP contribution in [0, 0.1) is 12.8 Å². The highest BCUT2D eigenvalue weighted by Gasteiger charge is 2.36. The molecule has 1 aliphatic carbocycles. The number of carbonyl (C=O) groups excluding carboxylic acids is 1. The first-order valence-corrected chi connectivity index (χ1v) is 8.80. The van der Waals surface area contributed by atoms with Crippen LogP contribution in [0.4, 0.5) is 8.78 Å². The number of hydrogen-bond acceptors (Lipinski definition) is 1. The number of carbonyl (C=O) groups is 1. The molecule has 0 aromatic heterocycles. The number of ketones is 1. The van der Waals surface area contributed by atoms with Gasteiger partial charge in [0.1, 0.15) is 5.78 Å². The molecule has 1 aliphatic rings. The molecule has 1 fully saturated rings. The average Bonchev–Trinajstić information content (AvgIpc) is 2.51. The maximum atomic E-state index is 13.2. The second-order valence-electron chi connectivity index (χ2n) is 6.21. The van der Waals surface area contributed by atoms with Gasteiger partial charge >= 0.3 is 0 Å². The summed E-state index contributed by atoms with van der Waals surface area (Å²) in [6.07, 6.45) is 1.56. The molecule has 1 aromatic carbocycles. The Labute approximate surface area is 143 Å². The van der Waals surface area contributed by atoms with Gasteiger partial charge in [0.15, 0.2) is 0 Å². The maximum Gasteiger partial charge on any atom is 0.248 e. The molecular weight excluding hydrogens is 318 g/mol. The highest BCUT2D eigenvalue weighted by molar-refractivity contribution is 6.31. The Kier molecular flexibility index (Phi) is 7.66. The first kappa shape index (κ1) is 20.1. The van der Waals surface area contributed by atoms with Crippen molar-refractivity contribution < 1.29 is 13.6 Å². The van der Waals surface area contributed by atoms with Gasteiger partial charge in [-0.1, -0.05) is 37.6 Å². The number of aryl methyl sites for hydroxylation is 1. The molecule has 2 rings (SSSR count). The fourth-order valence-electron chi connectivity index (χ4n) is 3.09. The van der Waals surface area contributed by atoms with E-state index in [0.717, 1.165) is 11.1 Å². The molecule has 130 valence electrons. The standard InChI is InChI=1S/C17H21ClF2O.C2H6/c1-11-9-14(3-4-16(11)18)15(12(2)21)10-13-5-7-17(19,20)8-6-13;1-2/h3-4,9,13,15H,5-8,10H2,1-2H3;1-2H3. The second kappa shape index (κ2) is 8.77. The third-order valence-electron chi connectivity index (χ3n) is 4.48. The van der Waals surface area contributed by atoms with Crippen LogP contribution in [0.1, 0.15) is 69.9 Å². The summed E-state index contributed by atoms with van der Waals surface area (Å²) in [5.41, 5.74) is 1.89.